The van der Waals surface area contributed by atoms with Crippen molar-refractivity contribution in [3.63, 3.8) is 0 Å². The van der Waals surface area contributed by atoms with Gasteiger partial charge in [-0.05, 0) is 92.2 Å². The average molecular weight is 777 g/mol. The van der Waals surface area contributed by atoms with Crippen LogP contribution in [0.25, 0.3) is 77.8 Å². The van der Waals surface area contributed by atoms with E-state index in [4.69, 9.17) is 29.4 Å². The van der Waals surface area contributed by atoms with Crippen LogP contribution in [0, 0.1) is 13.8 Å². The van der Waals surface area contributed by atoms with Crippen molar-refractivity contribution in [2.75, 3.05) is 0 Å². The average Bonchev–Trinajstić information content (AvgIpc) is 3.79. The van der Waals surface area contributed by atoms with Crippen LogP contribution in [0.15, 0.2) is 182 Å². The van der Waals surface area contributed by atoms with Crippen LogP contribution in [-0.4, -0.2) is 29.1 Å². The van der Waals surface area contributed by atoms with Gasteiger partial charge in [0.05, 0.1) is 22.1 Å². The van der Waals surface area contributed by atoms with Gasteiger partial charge in [0.25, 0.3) is 0 Å². The maximum absolute atomic E-state index is 6.77. The van der Waals surface area contributed by atoms with E-state index in [0.29, 0.717) is 28.8 Å². The van der Waals surface area contributed by atoms with E-state index >= 15 is 0 Å². The lowest BCUT2D eigenvalue weighted by atomic mass is 10.0. The van der Waals surface area contributed by atoms with E-state index in [1.54, 1.807) is 0 Å². The summed E-state index contributed by atoms with van der Waals surface area (Å²) in [4.78, 5) is 19.5. The summed E-state index contributed by atoms with van der Waals surface area (Å²) in [6.45, 7) is 4.06. The number of ether oxygens (including phenoxy) is 2. The number of para-hydroxylation sites is 2. The van der Waals surface area contributed by atoms with Crippen molar-refractivity contribution < 1.29 is 9.47 Å². The van der Waals surface area contributed by atoms with Crippen molar-refractivity contribution in [3.8, 4) is 57.1 Å². The van der Waals surface area contributed by atoms with Gasteiger partial charge in [-0.3, -0.25) is 9.13 Å². The van der Waals surface area contributed by atoms with E-state index in [2.05, 4.69) is 94.1 Å². The Hall–Kier alpha value is -8.10. The largest absolute Gasteiger partial charge is 0.457 e. The van der Waals surface area contributed by atoms with Gasteiger partial charge in [0, 0.05) is 74.7 Å². The smallest absolute Gasteiger partial charge is 0.159 e. The quantitative estimate of drug-likeness (QED) is 0.153. The molecule has 0 aliphatic heterocycles. The summed E-state index contributed by atoms with van der Waals surface area (Å²) >= 11 is 0. The first-order chi connectivity index (χ1) is 29.6. The van der Waals surface area contributed by atoms with Crippen molar-refractivity contribution in [1.82, 2.24) is 29.1 Å². The molecule has 11 aromatic rings. The molecule has 8 heteroatoms. The summed E-state index contributed by atoms with van der Waals surface area (Å²) in [6, 6.07) is 57.2. The lowest BCUT2D eigenvalue weighted by Gasteiger charge is -2.15. The molecule has 5 heterocycles. The SMILES string of the molecule is Cc1nc(-c2cc(Oc3ccc4c5ccccc5n(-c5ccccn5)c4c3)cc(Oc3ccc4c5ccccc5n(-c5ccccn5)c4c3)c2)nc(C)c1-c1ccccc1. The normalized spacial score (nSPS) is 11.5. The monoisotopic (exact) mass is 776 g/mol. The fourth-order valence-electron chi connectivity index (χ4n) is 8.45. The predicted molar refractivity (Wildman–Crippen MR) is 240 cm³/mol. The Morgan fingerprint density at radius 2 is 0.850 bits per heavy atom. The van der Waals surface area contributed by atoms with Gasteiger partial charge in [-0.15, -0.1) is 0 Å². The van der Waals surface area contributed by atoms with Crippen molar-refractivity contribution >= 4 is 43.6 Å². The number of benzene rings is 6. The second-order valence-electron chi connectivity index (χ2n) is 14.8. The van der Waals surface area contributed by atoms with Crippen molar-refractivity contribution in [2.45, 2.75) is 13.8 Å². The zero-order valence-electron chi connectivity index (χ0n) is 32.8. The Balaban J connectivity index is 1.04. The van der Waals surface area contributed by atoms with Crippen LogP contribution in [0.1, 0.15) is 11.4 Å². The van der Waals surface area contributed by atoms with Crippen LogP contribution in [0.4, 0.5) is 0 Å². The van der Waals surface area contributed by atoms with Gasteiger partial charge in [-0.25, -0.2) is 19.9 Å². The summed E-state index contributed by atoms with van der Waals surface area (Å²) in [7, 11) is 0. The molecule has 0 N–H and O–H groups in total. The molecular weight excluding hydrogens is 741 g/mol. The first-order valence-electron chi connectivity index (χ1n) is 19.9. The third-order valence-electron chi connectivity index (χ3n) is 11.0. The zero-order valence-corrected chi connectivity index (χ0v) is 32.8. The number of fused-ring (bicyclic) bond motifs is 6. The van der Waals surface area contributed by atoms with Gasteiger partial charge >= 0.3 is 0 Å². The van der Waals surface area contributed by atoms with Crippen LogP contribution in [0.2, 0.25) is 0 Å². The molecule has 11 rings (SSSR count). The van der Waals surface area contributed by atoms with Gasteiger partial charge < -0.3 is 9.47 Å². The Morgan fingerprint density at radius 3 is 1.35 bits per heavy atom. The topological polar surface area (TPSA) is 79.9 Å². The first-order valence-corrected chi connectivity index (χ1v) is 19.9. The molecule has 0 radical (unpaired) electrons. The van der Waals surface area contributed by atoms with Gasteiger partial charge in [-0.1, -0.05) is 78.9 Å². The molecule has 0 aliphatic carbocycles. The summed E-state index contributed by atoms with van der Waals surface area (Å²) < 4.78 is 17.9. The number of aryl methyl sites for hydroxylation is 2. The minimum Gasteiger partial charge on any atom is -0.457 e. The first kappa shape index (κ1) is 35.1. The Kier molecular flexibility index (Phi) is 8.41. The molecule has 5 aromatic heterocycles. The van der Waals surface area contributed by atoms with E-state index in [-0.39, 0.29) is 0 Å². The molecule has 0 amide bonds. The van der Waals surface area contributed by atoms with Crippen LogP contribution in [-0.2, 0) is 0 Å². The number of nitrogens with zero attached hydrogens (tertiary/aromatic N) is 6. The van der Waals surface area contributed by atoms with E-state index in [0.717, 1.165) is 83.3 Å². The lowest BCUT2D eigenvalue weighted by molar-refractivity contribution is 0.461. The predicted octanol–water partition coefficient (Wildman–Crippen LogP) is 13.0. The lowest BCUT2D eigenvalue weighted by Crippen LogP contribution is -2.00. The van der Waals surface area contributed by atoms with E-state index in [1.165, 1.54) is 0 Å². The van der Waals surface area contributed by atoms with Gasteiger partial charge in [0.2, 0.25) is 0 Å². The molecule has 0 saturated heterocycles. The summed E-state index contributed by atoms with van der Waals surface area (Å²) in [6.07, 6.45) is 3.63. The minimum atomic E-state index is 0.580. The molecule has 0 bridgehead atoms. The highest BCUT2D eigenvalue weighted by atomic mass is 16.5. The molecule has 0 fully saturated rings. The van der Waals surface area contributed by atoms with E-state index in [9.17, 15) is 0 Å². The molecule has 0 atom stereocenters. The summed E-state index contributed by atoms with van der Waals surface area (Å²) in [5.41, 5.74) is 8.76. The molecule has 6 aromatic carbocycles. The Bertz CT molecular complexity index is 3200. The molecule has 0 spiro atoms. The molecule has 286 valence electrons. The van der Waals surface area contributed by atoms with Crippen molar-refractivity contribution in [3.05, 3.63) is 194 Å². The number of hydrogen-bond donors (Lipinski definition) is 0. The van der Waals surface area contributed by atoms with Crippen LogP contribution in [0.3, 0.4) is 0 Å². The fourth-order valence-corrected chi connectivity index (χ4v) is 8.45. The fraction of sp³-hybridized carbons (Fsp3) is 0.0385. The van der Waals surface area contributed by atoms with Gasteiger partial charge in [0.1, 0.15) is 34.6 Å². The molecule has 0 unspecified atom stereocenters. The van der Waals surface area contributed by atoms with Crippen LogP contribution < -0.4 is 9.47 Å². The number of aromatic nitrogens is 6. The molecular formula is C52H36N6O2. The standard InChI is InChI=1S/C52H36N6O2/c1-33-51(35-14-4-3-5-15-35)34(2)56-52(55-33)36-28-39(59-37-22-24-43-41-16-6-8-18-45(41)57(47(43)31-37)49-20-10-12-26-53-49)30-40(29-36)60-38-23-25-44-42-17-7-9-19-46(42)58(48(44)32-38)50-21-11-13-27-54-50/h3-32H,1-2H3. The van der Waals surface area contributed by atoms with E-state index in [1.807, 2.05) is 111 Å². The molecule has 0 aliphatic rings. The summed E-state index contributed by atoms with van der Waals surface area (Å²) in [5.74, 6) is 4.74. The Labute approximate surface area is 345 Å². The zero-order chi connectivity index (χ0) is 40.2. The second-order valence-corrected chi connectivity index (χ2v) is 14.8. The van der Waals surface area contributed by atoms with Gasteiger partial charge in [0.15, 0.2) is 5.82 Å². The van der Waals surface area contributed by atoms with Crippen LogP contribution >= 0.6 is 0 Å². The number of hydrogen-bond acceptors (Lipinski definition) is 6. The highest BCUT2D eigenvalue weighted by Crippen LogP contribution is 2.40. The highest BCUT2D eigenvalue weighted by molar-refractivity contribution is 6.10. The number of rotatable bonds is 8. The van der Waals surface area contributed by atoms with Crippen molar-refractivity contribution in [2.24, 2.45) is 0 Å². The van der Waals surface area contributed by atoms with Gasteiger partial charge in [-0.2, -0.15) is 0 Å². The third kappa shape index (κ3) is 6.10. The highest BCUT2D eigenvalue weighted by Gasteiger charge is 2.18. The maximum Gasteiger partial charge on any atom is 0.159 e. The maximum atomic E-state index is 6.77. The molecule has 60 heavy (non-hydrogen) atoms. The molecule has 8 nitrogen and oxygen atoms in total. The van der Waals surface area contributed by atoms with Crippen molar-refractivity contribution in [1.29, 1.82) is 0 Å². The minimum absolute atomic E-state index is 0.580. The van der Waals surface area contributed by atoms with Crippen LogP contribution in [0.5, 0.6) is 23.0 Å². The number of pyridine rings is 2. The summed E-state index contributed by atoms with van der Waals surface area (Å²) in [5, 5.41) is 4.50. The van der Waals surface area contributed by atoms with E-state index < -0.39 is 0 Å². The Morgan fingerprint density at radius 1 is 0.383 bits per heavy atom. The third-order valence-corrected chi connectivity index (χ3v) is 11.0. The second kappa shape index (κ2) is 14.4. The molecule has 0 saturated carbocycles.